The van der Waals surface area contributed by atoms with E-state index in [-0.39, 0.29) is 5.82 Å². The summed E-state index contributed by atoms with van der Waals surface area (Å²) in [6.07, 6.45) is -0.523. The molecule has 1 amide bonds. The molecule has 0 bridgehead atoms. The highest BCUT2D eigenvalue weighted by atomic mass is 19.1. The molecule has 145 valence electrons. The Balaban J connectivity index is 2.12. The van der Waals surface area contributed by atoms with E-state index in [1.807, 2.05) is 58.0 Å². The van der Waals surface area contributed by atoms with E-state index in [1.54, 1.807) is 6.07 Å². The number of benzene rings is 2. The SMILES string of the molecule is [CH2]c1c(-c2ccccc2)c(C(C)NC(=O)OC(C)(C)C)nc2ccc(F)cc12. The maximum atomic E-state index is 13.8. The molecule has 0 aliphatic rings. The number of halogens is 1. The van der Waals surface area contributed by atoms with Gasteiger partial charge in [-0.05, 0) is 63.9 Å². The maximum absolute atomic E-state index is 13.8. The Kier molecular flexibility index (Phi) is 5.36. The molecule has 2 aromatic carbocycles. The van der Waals surface area contributed by atoms with Gasteiger partial charge in [0.2, 0.25) is 0 Å². The Morgan fingerprint density at radius 3 is 2.50 bits per heavy atom. The van der Waals surface area contributed by atoms with E-state index in [0.717, 1.165) is 11.1 Å². The van der Waals surface area contributed by atoms with Crippen LogP contribution in [0.3, 0.4) is 0 Å². The Bertz CT molecular complexity index is 1010. The Morgan fingerprint density at radius 2 is 1.86 bits per heavy atom. The van der Waals surface area contributed by atoms with Crippen LogP contribution in [0.15, 0.2) is 48.5 Å². The molecule has 1 N–H and O–H groups in total. The fraction of sp³-hybridized carbons (Fsp3) is 0.261. The van der Waals surface area contributed by atoms with Crippen LogP contribution in [0, 0.1) is 12.7 Å². The van der Waals surface area contributed by atoms with Gasteiger partial charge >= 0.3 is 6.09 Å². The molecule has 3 aromatic rings. The quantitative estimate of drug-likeness (QED) is 0.625. The molecule has 0 spiro atoms. The van der Waals surface area contributed by atoms with Crippen LogP contribution in [0.2, 0.25) is 0 Å². The molecule has 1 unspecified atom stereocenters. The number of alkyl carbamates (subject to hydrolysis) is 1. The summed E-state index contributed by atoms with van der Waals surface area (Å²) in [6, 6.07) is 13.6. The smallest absolute Gasteiger partial charge is 0.408 e. The second kappa shape index (κ2) is 7.58. The first kappa shape index (κ1) is 19.8. The van der Waals surface area contributed by atoms with Crippen LogP contribution >= 0.6 is 0 Å². The summed E-state index contributed by atoms with van der Waals surface area (Å²) >= 11 is 0. The van der Waals surface area contributed by atoms with Crippen LogP contribution in [-0.2, 0) is 4.74 Å². The second-order valence-corrected chi connectivity index (χ2v) is 7.75. The highest BCUT2D eigenvalue weighted by Gasteiger charge is 2.23. The van der Waals surface area contributed by atoms with Crippen molar-refractivity contribution in [1.82, 2.24) is 10.3 Å². The number of hydrogen-bond donors (Lipinski definition) is 1. The normalized spacial score (nSPS) is 12.6. The number of aromatic nitrogens is 1. The second-order valence-electron chi connectivity index (χ2n) is 7.75. The summed E-state index contributed by atoms with van der Waals surface area (Å²) in [4.78, 5) is 17.0. The molecule has 0 aliphatic carbocycles. The summed E-state index contributed by atoms with van der Waals surface area (Å²) < 4.78 is 19.2. The molecule has 28 heavy (non-hydrogen) atoms. The number of pyridine rings is 1. The molecule has 0 saturated heterocycles. The van der Waals surface area contributed by atoms with E-state index < -0.39 is 17.7 Å². The van der Waals surface area contributed by atoms with Gasteiger partial charge < -0.3 is 10.1 Å². The number of fused-ring (bicyclic) bond motifs is 1. The molecule has 0 saturated carbocycles. The van der Waals surface area contributed by atoms with E-state index in [1.165, 1.54) is 12.1 Å². The number of nitrogens with zero attached hydrogens (tertiary/aromatic N) is 1. The fourth-order valence-corrected chi connectivity index (χ4v) is 3.12. The lowest BCUT2D eigenvalue weighted by Gasteiger charge is -2.24. The molecule has 1 aromatic heterocycles. The predicted molar refractivity (Wildman–Crippen MR) is 109 cm³/mol. The summed E-state index contributed by atoms with van der Waals surface area (Å²) in [5, 5.41) is 3.49. The predicted octanol–water partition coefficient (Wildman–Crippen LogP) is 5.81. The summed E-state index contributed by atoms with van der Waals surface area (Å²) in [5.41, 5.74) is 3.03. The van der Waals surface area contributed by atoms with E-state index in [2.05, 4.69) is 12.2 Å². The van der Waals surface area contributed by atoms with Crippen LogP contribution in [0.5, 0.6) is 0 Å². The van der Waals surface area contributed by atoms with Gasteiger partial charge in [-0.15, -0.1) is 0 Å². The minimum Gasteiger partial charge on any atom is -0.444 e. The molecule has 4 nitrogen and oxygen atoms in total. The first-order valence-electron chi connectivity index (χ1n) is 9.16. The van der Waals surface area contributed by atoms with E-state index in [4.69, 9.17) is 9.72 Å². The average molecular weight is 379 g/mol. The van der Waals surface area contributed by atoms with Crippen LogP contribution in [0.1, 0.15) is 45.0 Å². The van der Waals surface area contributed by atoms with Crippen molar-refractivity contribution >= 4 is 17.0 Å². The highest BCUT2D eigenvalue weighted by molar-refractivity contribution is 5.91. The highest BCUT2D eigenvalue weighted by Crippen LogP contribution is 2.34. The number of carbonyl (C=O) groups is 1. The summed E-state index contributed by atoms with van der Waals surface area (Å²) in [7, 11) is 0. The van der Waals surface area contributed by atoms with Gasteiger partial charge in [0, 0.05) is 10.9 Å². The average Bonchev–Trinajstić information content (AvgIpc) is 2.61. The van der Waals surface area contributed by atoms with Crippen molar-refractivity contribution in [2.45, 2.75) is 39.3 Å². The van der Waals surface area contributed by atoms with E-state index in [0.29, 0.717) is 22.2 Å². The van der Waals surface area contributed by atoms with Gasteiger partial charge in [0.1, 0.15) is 11.4 Å². The maximum Gasteiger partial charge on any atom is 0.408 e. The topological polar surface area (TPSA) is 51.2 Å². The van der Waals surface area contributed by atoms with Crippen LogP contribution < -0.4 is 5.32 Å². The lowest BCUT2D eigenvalue weighted by atomic mass is 9.93. The zero-order valence-electron chi connectivity index (χ0n) is 16.5. The van der Waals surface area contributed by atoms with E-state index >= 15 is 0 Å². The number of hydrogen-bond acceptors (Lipinski definition) is 3. The van der Waals surface area contributed by atoms with Gasteiger partial charge in [0.05, 0.1) is 17.3 Å². The van der Waals surface area contributed by atoms with Crippen LogP contribution in [-0.4, -0.2) is 16.7 Å². The zero-order valence-corrected chi connectivity index (χ0v) is 16.5. The first-order chi connectivity index (χ1) is 13.2. The third-order valence-corrected chi connectivity index (χ3v) is 4.29. The first-order valence-corrected chi connectivity index (χ1v) is 9.16. The fourth-order valence-electron chi connectivity index (χ4n) is 3.12. The number of ether oxygens (including phenoxy) is 1. The van der Waals surface area contributed by atoms with Gasteiger partial charge in [-0.3, -0.25) is 0 Å². The molecule has 1 radical (unpaired) electrons. The Labute approximate surface area is 164 Å². The number of rotatable bonds is 3. The molecular weight excluding hydrogens is 355 g/mol. The van der Waals surface area contributed by atoms with Crippen molar-refractivity contribution < 1.29 is 13.9 Å². The van der Waals surface area contributed by atoms with E-state index in [9.17, 15) is 9.18 Å². The third-order valence-electron chi connectivity index (χ3n) is 4.29. The van der Waals surface area contributed by atoms with Crippen molar-refractivity contribution in [3.8, 4) is 11.1 Å². The lowest BCUT2D eigenvalue weighted by Crippen LogP contribution is -2.34. The van der Waals surface area contributed by atoms with Crippen LogP contribution in [0.4, 0.5) is 9.18 Å². The van der Waals surface area contributed by atoms with Crippen molar-refractivity contribution in [2.24, 2.45) is 0 Å². The minimum atomic E-state index is -0.599. The number of carbonyl (C=O) groups excluding carboxylic acids is 1. The van der Waals surface area contributed by atoms with Crippen molar-refractivity contribution in [2.75, 3.05) is 0 Å². The molecule has 0 fully saturated rings. The molecule has 3 rings (SSSR count). The minimum absolute atomic E-state index is 0.342. The number of amides is 1. The summed E-state index contributed by atoms with van der Waals surface area (Å²) in [5.74, 6) is -0.342. The lowest BCUT2D eigenvalue weighted by molar-refractivity contribution is 0.0507. The Morgan fingerprint density at radius 1 is 1.18 bits per heavy atom. The van der Waals surface area contributed by atoms with Crippen molar-refractivity contribution in [3.05, 3.63) is 72.5 Å². The largest absolute Gasteiger partial charge is 0.444 e. The number of nitrogens with one attached hydrogen (secondary N) is 1. The standard InChI is InChI=1S/C23H24FN2O2/c1-14-18-13-17(24)11-12-19(18)26-21(20(14)16-9-7-6-8-10-16)15(2)25-22(27)28-23(3,4)5/h6-13,15H,1H2,2-5H3,(H,25,27). The molecule has 0 aliphatic heterocycles. The zero-order chi connectivity index (χ0) is 20.5. The van der Waals surface area contributed by atoms with Crippen molar-refractivity contribution in [1.29, 1.82) is 0 Å². The molecular formula is C23H24FN2O2. The third kappa shape index (κ3) is 4.30. The van der Waals surface area contributed by atoms with Gasteiger partial charge in [0.25, 0.3) is 0 Å². The molecule has 1 heterocycles. The van der Waals surface area contributed by atoms with Gasteiger partial charge in [-0.25, -0.2) is 14.2 Å². The monoisotopic (exact) mass is 379 g/mol. The van der Waals surface area contributed by atoms with Crippen molar-refractivity contribution in [3.63, 3.8) is 0 Å². The van der Waals surface area contributed by atoms with Gasteiger partial charge in [0.15, 0.2) is 0 Å². The van der Waals surface area contributed by atoms with Gasteiger partial charge in [-0.2, -0.15) is 0 Å². The van der Waals surface area contributed by atoms with Gasteiger partial charge in [-0.1, -0.05) is 30.3 Å². The summed E-state index contributed by atoms with van der Waals surface area (Å²) in [6.45, 7) is 11.5. The molecule has 1 atom stereocenters. The Hall–Kier alpha value is -2.95. The van der Waals surface area contributed by atoms with Crippen LogP contribution in [0.25, 0.3) is 22.0 Å². The molecule has 5 heteroatoms.